The van der Waals surface area contributed by atoms with Crippen molar-refractivity contribution in [2.75, 3.05) is 12.0 Å². The molecule has 0 saturated carbocycles. The average Bonchev–Trinajstić information content (AvgIpc) is 2.54. The minimum Gasteiger partial charge on any atom is -0.478 e. The number of carboxylic acids is 1. The number of hydrogen-bond acceptors (Lipinski definition) is 3. The predicted molar refractivity (Wildman–Crippen MR) is 94.9 cm³/mol. The molecule has 0 aliphatic heterocycles. The van der Waals surface area contributed by atoms with Gasteiger partial charge in [0, 0.05) is 12.4 Å². The smallest absolute Gasteiger partial charge is 0.335 e. The van der Waals surface area contributed by atoms with Crippen LogP contribution in [0.4, 0.5) is 5.69 Å². The third-order valence-corrected chi connectivity index (χ3v) is 4.16. The second-order valence-electron chi connectivity index (χ2n) is 5.63. The quantitative estimate of drug-likeness (QED) is 0.562. The van der Waals surface area contributed by atoms with Gasteiger partial charge in [-0.2, -0.15) is 0 Å². The van der Waals surface area contributed by atoms with Crippen LogP contribution >= 0.6 is 7.52 Å². The minimum atomic E-state index is -3.65. The van der Waals surface area contributed by atoms with Gasteiger partial charge in [0.25, 0.3) is 7.52 Å². The Morgan fingerprint density at radius 3 is 2.40 bits per heavy atom. The van der Waals surface area contributed by atoms with Crippen LogP contribution in [0.25, 0.3) is 0 Å². The van der Waals surface area contributed by atoms with Crippen molar-refractivity contribution in [2.45, 2.75) is 12.5 Å². The molecule has 0 aromatic heterocycles. The van der Waals surface area contributed by atoms with Crippen molar-refractivity contribution in [1.82, 2.24) is 5.09 Å². The zero-order valence-corrected chi connectivity index (χ0v) is 14.4. The molecule has 0 spiro atoms. The second kappa shape index (κ2) is 8.07. The van der Waals surface area contributed by atoms with E-state index in [1.54, 1.807) is 6.07 Å². The van der Waals surface area contributed by atoms with Crippen LogP contribution in [-0.2, 0) is 15.8 Å². The molecule has 1 amide bonds. The van der Waals surface area contributed by atoms with E-state index in [0.717, 1.165) is 12.2 Å². The van der Waals surface area contributed by atoms with Crippen molar-refractivity contribution in [3.8, 4) is 0 Å². The van der Waals surface area contributed by atoms with E-state index < -0.39 is 25.4 Å². The van der Waals surface area contributed by atoms with E-state index >= 15 is 0 Å². The third-order valence-electron chi connectivity index (χ3n) is 3.37. The van der Waals surface area contributed by atoms with Crippen molar-refractivity contribution in [2.24, 2.45) is 0 Å². The van der Waals surface area contributed by atoms with Gasteiger partial charge in [0.05, 0.1) is 11.6 Å². The Balaban J connectivity index is 2.18. The summed E-state index contributed by atoms with van der Waals surface area (Å²) in [5.74, 6) is -1.63. The van der Waals surface area contributed by atoms with Gasteiger partial charge >= 0.3 is 5.97 Å². The molecule has 25 heavy (non-hydrogen) atoms. The molecule has 0 fully saturated rings. The maximum absolute atomic E-state index is 12.5. The highest BCUT2D eigenvalue weighted by Gasteiger charge is 2.25. The highest BCUT2D eigenvalue weighted by atomic mass is 31.2. The third kappa shape index (κ3) is 6.15. The molecule has 0 saturated heterocycles. The molecule has 8 heteroatoms. The fraction of sp³-hybridized carbons (Fsp3) is 0.176. The van der Waals surface area contributed by atoms with Gasteiger partial charge in [0.2, 0.25) is 5.91 Å². The number of rotatable bonds is 7. The van der Waals surface area contributed by atoms with Crippen LogP contribution in [0.15, 0.2) is 54.6 Å². The largest absolute Gasteiger partial charge is 0.478 e. The second-order valence-corrected chi connectivity index (χ2v) is 7.64. The van der Waals surface area contributed by atoms with Gasteiger partial charge in [0.15, 0.2) is 0 Å². The number of benzene rings is 2. The summed E-state index contributed by atoms with van der Waals surface area (Å²) in [5.41, 5.74) is 1.16. The summed E-state index contributed by atoms with van der Waals surface area (Å²) in [7, 11) is -3.65. The van der Waals surface area contributed by atoms with Crippen LogP contribution in [0.2, 0.25) is 0 Å². The lowest BCUT2D eigenvalue weighted by atomic mass is 10.1. The maximum Gasteiger partial charge on any atom is 0.335 e. The van der Waals surface area contributed by atoms with Crippen LogP contribution < -0.4 is 10.4 Å². The Bertz CT molecular complexity index is 804. The van der Waals surface area contributed by atoms with E-state index in [-0.39, 0.29) is 12.0 Å². The van der Waals surface area contributed by atoms with E-state index in [4.69, 9.17) is 5.11 Å². The minimum absolute atomic E-state index is 0.0358. The summed E-state index contributed by atoms with van der Waals surface area (Å²) >= 11 is 0. The standard InChI is InChI=1S/C17H19N2O5P/c1-25(23,24)19-15(10-12-6-3-2-4-7-12)16(20)18-14-9-5-8-13(11-14)17(21)22/h2-9,11,15H,10H2,1H3,(H,18,20)(H,21,22)(H2,19,23,24)/t15-/m0/s1. The number of aromatic carboxylic acids is 1. The van der Waals surface area contributed by atoms with E-state index in [1.807, 2.05) is 30.3 Å². The first-order chi connectivity index (χ1) is 11.7. The Morgan fingerprint density at radius 2 is 1.80 bits per heavy atom. The highest BCUT2D eigenvalue weighted by Crippen LogP contribution is 2.30. The van der Waals surface area contributed by atoms with Crippen molar-refractivity contribution in [3.63, 3.8) is 0 Å². The van der Waals surface area contributed by atoms with Crippen molar-refractivity contribution in [1.29, 1.82) is 0 Å². The molecule has 2 rings (SSSR count). The lowest BCUT2D eigenvalue weighted by Gasteiger charge is -2.20. The first kappa shape index (κ1) is 18.9. The summed E-state index contributed by atoms with van der Waals surface area (Å²) in [5, 5.41) is 14.0. The molecular formula is C17H19N2O5P. The molecule has 2 atom stereocenters. The van der Waals surface area contributed by atoms with Gasteiger partial charge in [-0.3, -0.25) is 9.36 Å². The monoisotopic (exact) mass is 362 g/mol. The zero-order valence-electron chi connectivity index (χ0n) is 13.5. The summed E-state index contributed by atoms with van der Waals surface area (Å²) in [6.45, 7) is 1.11. The van der Waals surface area contributed by atoms with Gasteiger partial charge < -0.3 is 15.3 Å². The molecule has 0 heterocycles. The molecule has 0 radical (unpaired) electrons. The number of nitrogens with one attached hydrogen (secondary N) is 2. The van der Waals surface area contributed by atoms with Crippen molar-refractivity contribution >= 4 is 25.1 Å². The molecule has 7 nitrogen and oxygen atoms in total. The SMILES string of the molecule is CP(=O)(O)N[C@@H](Cc1ccccc1)C(=O)Nc1cccc(C(=O)O)c1. The van der Waals surface area contributed by atoms with Crippen molar-refractivity contribution < 1.29 is 24.2 Å². The Labute approximate surface area is 145 Å². The number of hydrogen-bond donors (Lipinski definition) is 4. The number of carboxylic acid groups (broad SMARTS) is 1. The molecule has 2 aromatic rings. The molecule has 0 aliphatic rings. The Morgan fingerprint density at radius 1 is 1.12 bits per heavy atom. The topological polar surface area (TPSA) is 116 Å². The summed E-state index contributed by atoms with van der Waals surface area (Å²) in [4.78, 5) is 33.1. The van der Waals surface area contributed by atoms with Gasteiger partial charge in [-0.15, -0.1) is 0 Å². The normalized spacial score (nSPS) is 14.3. The molecule has 2 aromatic carbocycles. The first-order valence-electron chi connectivity index (χ1n) is 7.51. The van der Waals surface area contributed by atoms with Gasteiger partial charge in [-0.05, 0) is 30.2 Å². The fourth-order valence-corrected chi connectivity index (χ4v) is 3.08. The number of carbonyl (C=O) groups is 2. The van der Waals surface area contributed by atoms with Gasteiger partial charge in [-0.1, -0.05) is 36.4 Å². The van der Waals surface area contributed by atoms with Crippen LogP contribution in [0.3, 0.4) is 0 Å². The average molecular weight is 362 g/mol. The molecule has 132 valence electrons. The van der Waals surface area contributed by atoms with E-state index in [0.29, 0.717) is 5.69 Å². The van der Waals surface area contributed by atoms with Crippen LogP contribution in [0.1, 0.15) is 15.9 Å². The van der Waals surface area contributed by atoms with E-state index in [2.05, 4.69) is 10.4 Å². The molecule has 1 unspecified atom stereocenters. The number of anilines is 1. The molecule has 4 N–H and O–H groups in total. The number of carbonyl (C=O) groups excluding carboxylic acids is 1. The lowest BCUT2D eigenvalue weighted by Crippen LogP contribution is -2.40. The summed E-state index contributed by atoms with van der Waals surface area (Å²) in [6, 6.07) is 13.9. The lowest BCUT2D eigenvalue weighted by molar-refractivity contribution is -0.117. The summed E-state index contributed by atoms with van der Waals surface area (Å²) < 4.78 is 11.7. The van der Waals surface area contributed by atoms with E-state index in [9.17, 15) is 19.0 Å². The van der Waals surface area contributed by atoms with Gasteiger partial charge in [0.1, 0.15) is 0 Å². The van der Waals surface area contributed by atoms with E-state index in [1.165, 1.54) is 18.2 Å². The zero-order chi connectivity index (χ0) is 18.4. The maximum atomic E-state index is 12.5. The number of amides is 1. The van der Waals surface area contributed by atoms with Gasteiger partial charge in [-0.25, -0.2) is 9.88 Å². The fourth-order valence-electron chi connectivity index (χ4n) is 2.30. The Kier molecular flexibility index (Phi) is 6.09. The highest BCUT2D eigenvalue weighted by molar-refractivity contribution is 7.55. The molecule has 0 aliphatic carbocycles. The molecular weight excluding hydrogens is 343 g/mol. The first-order valence-corrected chi connectivity index (χ1v) is 9.61. The predicted octanol–water partition coefficient (Wildman–Crippen LogP) is 2.34. The van der Waals surface area contributed by atoms with Crippen LogP contribution in [0.5, 0.6) is 0 Å². The van der Waals surface area contributed by atoms with Crippen molar-refractivity contribution in [3.05, 3.63) is 65.7 Å². The van der Waals surface area contributed by atoms with Crippen LogP contribution in [0, 0.1) is 0 Å². The van der Waals surface area contributed by atoms with Crippen LogP contribution in [-0.4, -0.2) is 34.6 Å². The Hall–Kier alpha value is -2.47. The molecule has 0 bridgehead atoms. The summed E-state index contributed by atoms with van der Waals surface area (Å²) in [6.07, 6.45) is 0.212.